The predicted octanol–water partition coefficient (Wildman–Crippen LogP) is 1.85. The van der Waals surface area contributed by atoms with Crippen LogP contribution in [0.25, 0.3) is 5.65 Å². The molecule has 0 fully saturated rings. The zero-order valence-corrected chi connectivity index (χ0v) is 7.73. The zero-order chi connectivity index (χ0) is 9.54. The van der Waals surface area contributed by atoms with E-state index in [2.05, 4.69) is 4.98 Å². The van der Waals surface area contributed by atoms with Gasteiger partial charge in [-0.15, -0.1) is 0 Å². The van der Waals surface area contributed by atoms with Crippen LogP contribution >= 0.6 is 0 Å². The van der Waals surface area contributed by atoms with Gasteiger partial charge in [-0.2, -0.15) is 0 Å². The number of pyridine rings is 1. The standard InChI is InChI=1S/C11H10N2O/c14-9-5-3-4-8-11(9)13-7-2-1-6-10(13)12-8/h1-2,6-7H,3-5H2. The van der Waals surface area contributed by atoms with Gasteiger partial charge in [0.25, 0.3) is 0 Å². The Morgan fingerprint density at radius 3 is 3.14 bits per heavy atom. The molecular formula is C11H10N2O. The second-order valence-electron chi connectivity index (χ2n) is 3.61. The highest BCUT2D eigenvalue weighted by Crippen LogP contribution is 2.21. The van der Waals surface area contributed by atoms with Gasteiger partial charge >= 0.3 is 0 Å². The maximum absolute atomic E-state index is 11.7. The minimum absolute atomic E-state index is 0.227. The fraction of sp³-hybridized carbons (Fsp3) is 0.273. The first kappa shape index (κ1) is 7.74. The number of carbonyl (C=O) groups is 1. The molecule has 3 rings (SSSR count). The molecule has 70 valence electrons. The van der Waals surface area contributed by atoms with Gasteiger partial charge in [0, 0.05) is 12.6 Å². The fourth-order valence-electron chi connectivity index (χ4n) is 2.05. The molecule has 0 aromatic carbocycles. The number of ketones is 1. The van der Waals surface area contributed by atoms with Crippen LogP contribution in [0.4, 0.5) is 0 Å². The van der Waals surface area contributed by atoms with Crippen molar-refractivity contribution < 1.29 is 4.79 Å². The largest absolute Gasteiger partial charge is 0.297 e. The number of aromatic nitrogens is 2. The number of carbonyl (C=O) groups excluding carboxylic acids is 1. The Hall–Kier alpha value is -1.64. The van der Waals surface area contributed by atoms with E-state index in [1.54, 1.807) is 0 Å². The summed E-state index contributed by atoms with van der Waals surface area (Å²) in [5, 5.41) is 0. The Bertz CT molecular complexity index is 513. The number of hydrogen-bond acceptors (Lipinski definition) is 2. The van der Waals surface area contributed by atoms with E-state index in [1.807, 2.05) is 28.8 Å². The molecule has 3 heteroatoms. The molecule has 0 amide bonds. The molecule has 0 spiro atoms. The van der Waals surface area contributed by atoms with Crippen molar-refractivity contribution in [1.82, 2.24) is 9.38 Å². The molecule has 0 aliphatic heterocycles. The van der Waals surface area contributed by atoms with Crippen molar-refractivity contribution in [1.29, 1.82) is 0 Å². The SMILES string of the molecule is O=C1CCCc2nc3ccccn3c21. The molecule has 2 heterocycles. The van der Waals surface area contributed by atoms with Crippen LogP contribution in [0.3, 0.4) is 0 Å². The van der Waals surface area contributed by atoms with Crippen molar-refractivity contribution in [3.63, 3.8) is 0 Å². The van der Waals surface area contributed by atoms with Gasteiger partial charge in [0.1, 0.15) is 11.3 Å². The Morgan fingerprint density at radius 2 is 2.21 bits per heavy atom. The minimum Gasteiger partial charge on any atom is -0.297 e. The van der Waals surface area contributed by atoms with Crippen LogP contribution in [0.2, 0.25) is 0 Å². The molecule has 0 unspecified atom stereocenters. The highest BCUT2D eigenvalue weighted by molar-refractivity contribution is 5.97. The lowest BCUT2D eigenvalue weighted by molar-refractivity contribution is 0.0966. The summed E-state index contributed by atoms with van der Waals surface area (Å²) in [6.45, 7) is 0. The third-order valence-corrected chi connectivity index (χ3v) is 2.68. The van der Waals surface area contributed by atoms with Crippen molar-refractivity contribution in [2.75, 3.05) is 0 Å². The van der Waals surface area contributed by atoms with E-state index < -0.39 is 0 Å². The Balaban J connectivity index is 2.39. The van der Waals surface area contributed by atoms with E-state index >= 15 is 0 Å². The second-order valence-corrected chi connectivity index (χ2v) is 3.61. The Kier molecular flexibility index (Phi) is 1.48. The number of fused-ring (bicyclic) bond motifs is 3. The second kappa shape index (κ2) is 2.67. The summed E-state index contributed by atoms with van der Waals surface area (Å²) in [5.74, 6) is 0.227. The van der Waals surface area contributed by atoms with E-state index in [0.717, 1.165) is 29.9 Å². The molecule has 0 saturated carbocycles. The Morgan fingerprint density at radius 1 is 1.29 bits per heavy atom. The van der Waals surface area contributed by atoms with Gasteiger partial charge in [0.05, 0.1) is 5.69 Å². The molecule has 0 radical (unpaired) electrons. The summed E-state index contributed by atoms with van der Waals surface area (Å²) >= 11 is 0. The molecule has 14 heavy (non-hydrogen) atoms. The number of Topliss-reactive ketones (excluding diaryl/α,β-unsaturated/α-hetero) is 1. The van der Waals surface area contributed by atoms with Crippen molar-refractivity contribution in [2.45, 2.75) is 19.3 Å². The molecule has 3 nitrogen and oxygen atoms in total. The molecule has 1 aliphatic carbocycles. The normalized spacial score (nSPS) is 15.9. The zero-order valence-electron chi connectivity index (χ0n) is 7.73. The Labute approximate surface area is 81.4 Å². The highest BCUT2D eigenvalue weighted by Gasteiger charge is 2.22. The van der Waals surface area contributed by atoms with Gasteiger partial charge in [0.15, 0.2) is 5.78 Å². The number of nitrogens with zero attached hydrogens (tertiary/aromatic N) is 2. The molecule has 1 aliphatic rings. The summed E-state index contributed by atoms with van der Waals surface area (Å²) in [6.07, 6.45) is 4.44. The molecular weight excluding hydrogens is 176 g/mol. The van der Waals surface area contributed by atoms with Gasteiger partial charge in [0.2, 0.25) is 0 Å². The molecule has 0 N–H and O–H groups in total. The summed E-state index contributed by atoms with van der Waals surface area (Å²) in [4.78, 5) is 16.1. The maximum atomic E-state index is 11.7. The lowest BCUT2D eigenvalue weighted by atomic mass is 10.00. The average Bonchev–Trinajstić information content (AvgIpc) is 2.57. The van der Waals surface area contributed by atoms with Crippen LogP contribution < -0.4 is 0 Å². The molecule has 0 saturated heterocycles. The van der Waals surface area contributed by atoms with Crippen molar-refractivity contribution in [3.05, 3.63) is 35.8 Å². The van der Waals surface area contributed by atoms with Crippen LogP contribution in [-0.4, -0.2) is 15.2 Å². The lowest BCUT2D eigenvalue weighted by Gasteiger charge is -2.08. The highest BCUT2D eigenvalue weighted by atomic mass is 16.1. The third kappa shape index (κ3) is 0.923. The van der Waals surface area contributed by atoms with E-state index in [1.165, 1.54) is 0 Å². The number of rotatable bonds is 0. The molecule has 0 bridgehead atoms. The fourth-order valence-corrected chi connectivity index (χ4v) is 2.05. The quantitative estimate of drug-likeness (QED) is 0.629. The minimum atomic E-state index is 0.227. The predicted molar refractivity (Wildman–Crippen MR) is 52.5 cm³/mol. The van der Waals surface area contributed by atoms with E-state index in [0.29, 0.717) is 6.42 Å². The van der Waals surface area contributed by atoms with E-state index in [9.17, 15) is 4.79 Å². The van der Waals surface area contributed by atoms with Crippen LogP contribution in [0.5, 0.6) is 0 Å². The average molecular weight is 186 g/mol. The van der Waals surface area contributed by atoms with Crippen LogP contribution in [-0.2, 0) is 6.42 Å². The van der Waals surface area contributed by atoms with E-state index in [-0.39, 0.29) is 5.78 Å². The molecule has 2 aromatic rings. The summed E-state index contributed by atoms with van der Waals surface area (Å²) in [6, 6.07) is 5.81. The van der Waals surface area contributed by atoms with Crippen LogP contribution in [0, 0.1) is 0 Å². The summed E-state index contributed by atoms with van der Waals surface area (Å²) in [5.41, 5.74) is 2.65. The van der Waals surface area contributed by atoms with Gasteiger partial charge in [-0.3, -0.25) is 9.20 Å². The third-order valence-electron chi connectivity index (χ3n) is 2.68. The van der Waals surface area contributed by atoms with Gasteiger partial charge in [-0.05, 0) is 25.0 Å². The molecule has 2 aromatic heterocycles. The number of hydrogen-bond donors (Lipinski definition) is 0. The first-order valence-corrected chi connectivity index (χ1v) is 4.85. The summed E-state index contributed by atoms with van der Waals surface area (Å²) in [7, 11) is 0. The smallest absolute Gasteiger partial charge is 0.181 e. The topological polar surface area (TPSA) is 34.4 Å². The van der Waals surface area contributed by atoms with Crippen LogP contribution in [0.1, 0.15) is 29.0 Å². The van der Waals surface area contributed by atoms with Crippen molar-refractivity contribution in [3.8, 4) is 0 Å². The maximum Gasteiger partial charge on any atom is 0.181 e. The first-order valence-electron chi connectivity index (χ1n) is 4.85. The number of aryl methyl sites for hydroxylation is 1. The van der Waals surface area contributed by atoms with Crippen LogP contribution in [0.15, 0.2) is 24.4 Å². The lowest BCUT2D eigenvalue weighted by Crippen LogP contribution is -2.12. The summed E-state index contributed by atoms with van der Waals surface area (Å²) < 4.78 is 1.90. The van der Waals surface area contributed by atoms with Gasteiger partial charge < -0.3 is 0 Å². The van der Waals surface area contributed by atoms with Gasteiger partial charge in [-0.25, -0.2) is 4.98 Å². The first-order chi connectivity index (χ1) is 6.86. The van der Waals surface area contributed by atoms with Crippen molar-refractivity contribution >= 4 is 11.4 Å². The number of imidazole rings is 1. The van der Waals surface area contributed by atoms with Crippen molar-refractivity contribution in [2.24, 2.45) is 0 Å². The van der Waals surface area contributed by atoms with Gasteiger partial charge in [-0.1, -0.05) is 6.07 Å². The monoisotopic (exact) mass is 186 g/mol. The molecule has 0 atom stereocenters. The van der Waals surface area contributed by atoms with E-state index in [4.69, 9.17) is 0 Å².